The lowest BCUT2D eigenvalue weighted by Crippen LogP contribution is -2.16. The van der Waals surface area contributed by atoms with Crippen LogP contribution in [-0.2, 0) is 14.8 Å². The zero-order chi connectivity index (χ0) is 21.0. The zero-order valence-electron chi connectivity index (χ0n) is 15.0. The monoisotopic (exact) mass is 469 g/mol. The minimum absolute atomic E-state index is 0.0704. The molecule has 0 aliphatic rings. The number of nitrogens with two attached hydrogens (primary N) is 1. The lowest BCUT2D eigenvalue weighted by Gasteiger charge is -2.06. The van der Waals surface area contributed by atoms with Gasteiger partial charge in [0.1, 0.15) is 0 Å². The molecule has 12 heteroatoms. The molecule has 3 aromatic rings. The van der Waals surface area contributed by atoms with E-state index in [1.165, 1.54) is 41.3 Å². The summed E-state index contributed by atoms with van der Waals surface area (Å²) >= 11 is 8.63. The number of aryl methyl sites for hydroxylation is 1. The van der Waals surface area contributed by atoms with Crippen molar-refractivity contribution < 1.29 is 13.2 Å². The second-order valence-corrected chi connectivity index (χ2v) is 10.0. The number of anilines is 3. The number of nitrogens with zero attached hydrogens (tertiary/aromatic N) is 2. The first-order chi connectivity index (χ1) is 13.7. The number of sulfonamides is 1. The number of aromatic nitrogens is 2. The van der Waals surface area contributed by atoms with Crippen molar-refractivity contribution in [3.05, 3.63) is 53.1 Å². The van der Waals surface area contributed by atoms with Crippen LogP contribution in [0.15, 0.2) is 51.7 Å². The molecule has 0 spiro atoms. The Morgan fingerprint density at radius 1 is 1.21 bits per heavy atom. The van der Waals surface area contributed by atoms with E-state index in [4.69, 9.17) is 16.7 Å². The van der Waals surface area contributed by atoms with E-state index in [-0.39, 0.29) is 16.6 Å². The molecule has 152 valence electrons. The van der Waals surface area contributed by atoms with E-state index in [0.29, 0.717) is 20.2 Å². The minimum atomic E-state index is -3.83. The highest BCUT2D eigenvalue weighted by molar-refractivity contribution is 8.01. The van der Waals surface area contributed by atoms with Crippen molar-refractivity contribution in [3.8, 4) is 0 Å². The Balaban J connectivity index is 1.55. The number of halogens is 1. The van der Waals surface area contributed by atoms with E-state index in [2.05, 4.69) is 20.8 Å². The molecular weight excluding hydrogens is 454 g/mol. The van der Waals surface area contributed by atoms with Gasteiger partial charge in [-0.3, -0.25) is 4.79 Å². The maximum Gasteiger partial charge on any atom is 0.238 e. The predicted molar refractivity (Wildman–Crippen MR) is 117 cm³/mol. The Morgan fingerprint density at radius 2 is 2.00 bits per heavy atom. The second kappa shape index (κ2) is 9.09. The molecule has 8 nitrogen and oxygen atoms in total. The normalized spacial score (nSPS) is 11.3. The Hall–Kier alpha value is -2.18. The van der Waals surface area contributed by atoms with Crippen LogP contribution in [-0.4, -0.2) is 30.3 Å². The summed E-state index contributed by atoms with van der Waals surface area (Å²) in [6, 6.07) is 11.3. The van der Waals surface area contributed by atoms with Crippen molar-refractivity contribution in [2.24, 2.45) is 5.14 Å². The average molecular weight is 470 g/mol. The van der Waals surface area contributed by atoms with Gasteiger partial charge in [-0.15, -0.1) is 10.2 Å². The van der Waals surface area contributed by atoms with E-state index >= 15 is 0 Å². The number of hydrogen-bond donors (Lipinski definition) is 3. The maximum atomic E-state index is 12.1. The van der Waals surface area contributed by atoms with Gasteiger partial charge in [0.2, 0.25) is 21.1 Å². The van der Waals surface area contributed by atoms with Crippen LogP contribution < -0.4 is 15.8 Å². The van der Waals surface area contributed by atoms with E-state index in [1.807, 2.05) is 19.1 Å². The predicted octanol–water partition coefficient (Wildman–Crippen LogP) is 3.62. The van der Waals surface area contributed by atoms with Gasteiger partial charge in [-0.1, -0.05) is 46.8 Å². The van der Waals surface area contributed by atoms with Gasteiger partial charge in [-0.05, 0) is 42.8 Å². The van der Waals surface area contributed by atoms with E-state index < -0.39 is 10.0 Å². The summed E-state index contributed by atoms with van der Waals surface area (Å²) in [5.74, 6) is -0.221. The summed E-state index contributed by atoms with van der Waals surface area (Å²) in [6.45, 7) is 1.92. The molecule has 0 saturated carbocycles. The lowest BCUT2D eigenvalue weighted by atomic mass is 10.2. The summed E-state index contributed by atoms with van der Waals surface area (Å²) in [6.07, 6.45) is 0. The quantitative estimate of drug-likeness (QED) is 0.451. The number of hydrogen-bond acceptors (Lipinski definition) is 8. The highest BCUT2D eigenvalue weighted by atomic mass is 35.5. The van der Waals surface area contributed by atoms with Gasteiger partial charge in [-0.2, -0.15) is 0 Å². The molecule has 0 fully saturated rings. The molecule has 0 atom stereocenters. The van der Waals surface area contributed by atoms with E-state index in [1.54, 1.807) is 12.1 Å². The number of carbonyl (C=O) groups is 1. The molecule has 0 unspecified atom stereocenters. The van der Waals surface area contributed by atoms with E-state index in [9.17, 15) is 13.2 Å². The molecule has 0 radical (unpaired) electrons. The lowest BCUT2D eigenvalue weighted by molar-refractivity contribution is -0.113. The summed E-state index contributed by atoms with van der Waals surface area (Å²) in [7, 11) is -3.83. The Morgan fingerprint density at radius 3 is 2.72 bits per heavy atom. The van der Waals surface area contributed by atoms with Crippen molar-refractivity contribution in [1.82, 2.24) is 10.2 Å². The molecule has 1 heterocycles. The Kier molecular flexibility index (Phi) is 6.75. The summed E-state index contributed by atoms with van der Waals surface area (Å²) in [5.41, 5.74) is 2.12. The largest absolute Gasteiger partial charge is 0.330 e. The number of amides is 1. The van der Waals surface area contributed by atoms with Crippen molar-refractivity contribution in [2.45, 2.75) is 16.2 Å². The third kappa shape index (κ3) is 6.15. The molecular formula is C17H16ClN5O3S3. The van der Waals surface area contributed by atoms with Crippen LogP contribution >= 0.6 is 34.7 Å². The average Bonchev–Trinajstić information content (AvgIpc) is 3.10. The third-order valence-electron chi connectivity index (χ3n) is 3.60. The molecule has 1 aromatic heterocycles. The SMILES string of the molecule is Cc1ccc(Nc2nnc(SCC(=O)Nc3cccc(S(N)(=O)=O)c3)s2)cc1Cl. The molecule has 0 bridgehead atoms. The second-order valence-electron chi connectivity index (χ2n) is 5.87. The molecule has 0 aliphatic carbocycles. The van der Waals surface area contributed by atoms with Gasteiger partial charge in [0, 0.05) is 16.4 Å². The Labute approximate surface area is 180 Å². The summed E-state index contributed by atoms with van der Waals surface area (Å²) < 4.78 is 23.4. The topological polar surface area (TPSA) is 127 Å². The Bertz CT molecular complexity index is 1150. The van der Waals surface area contributed by atoms with Crippen LogP contribution in [0.4, 0.5) is 16.5 Å². The minimum Gasteiger partial charge on any atom is -0.330 e. The van der Waals surface area contributed by atoms with E-state index in [0.717, 1.165) is 11.3 Å². The number of thioether (sulfide) groups is 1. The van der Waals surface area contributed by atoms with Crippen LogP contribution in [0.25, 0.3) is 0 Å². The summed E-state index contributed by atoms with van der Waals surface area (Å²) in [5, 5.41) is 20.2. The fourth-order valence-electron chi connectivity index (χ4n) is 2.19. The molecule has 4 N–H and O–H groups in total. The first-order valence-corrected chi connectivity index (χ1v) is 11.9. The molecule has 0 saturated heterocycles. The van der Waals surface area contributed by atoms with Gasteiger partial charge >= 0.3 is 0 Å². The van der Waals surface area contributed by atoms with Crippen molar-refractivity contribution in [3.63, 3.8) is 0 Å². The zero-order valence-corrected chi connectivity index (χ0v) is 18.3. The number of carbonyl (C=O) groups excluding carboxylic acids is 1. The fourth-order valence-corrected chi connectivity index (χ4v) is 4.50. The number of rotatable bonds is 7. The first kappa shape index (κ1) is 21.5. The van der Waals surface area contributed by atoms with Gasteiger partial charge in [-0.25, -0.2) is 13.6 Å². The van der Waals surface area contributed by atoms with Crippen LogP contribution in [0.2, 0.25) is 5.02 Å². The summed E-state index contributed by atoms with van der Waals surface area (Å²) in [4.78, 5) is 12.1. The molecule has 29 heavy (non-hydrogen) atoms. The third-order valence-corrected chi connectivity index (χ3v) is 6.89. The first-order valence-electron chi connectivity index (χ1n) is 8.13. The highest BCUT2D eigenvalue weighted by Gasteiger charge is 2.11. The van der Waals surface area contributed by atoms with Gasteiger partial charge in [0.05, 0.1) is 10.6 Å². The smallest absolute Gasteiger partial charge is 0.238 e. The maximum absolute atomic E-state index is 12.1. The fraction of sp³-hybridized carbons (Fsp3) is 0.118. The van der Waals surface area contributed by atoms with Crippen LogP contribution in [0.3, 0.4) is 0 Å². The molecule has 3 rings (SSSR count). The molecule has 1 amide bonds. The van der Waals surface area contributed by atoms with Crippen molar-refractivity contribution >= 4 is 67.1 Å². The standard InChI is InChI=1S/C17H16ClN5O3S3/c1-10-5-6-12(8-14(10)18)21-16-22-23-17(28-16)27-9-15(24)20-11-3-2-4-13(7-11)29(19,25)26/h2-8H,9H2,1H3,(H,20,24)(H,21,22)(H2,19,25,26). The number of primary sulfonamides is 1. The van der Waals surface area contributed by atoms with Crippen LogP contribution in [0, 0.1) is 6.92 Å². The number of benzene rings is 2. The highest BCUT2D eigenvalue weighted by Crippen LogP contribution is 2.29. The van der Waals surface area contributed by atoms with Crippen molar-refractivity contribution in [2.75, 3.05) is 16.4 Å². The molecule has 2 aromatic carbocycles. The van der Waals surface area contributed by atoms with Gasteiger partial charge in [0.25, 0.3) is 0 Å². The number of nitrogens with one attached hydrogen (secondary N) is 2. The van der Waals surface area contributed by atoms with Crippen molar-refractivity contribution in [1.29, 1.82) is 0 Å². The molecule has 0 aliphatic heterocycles. The van der Waals surface area contributed by atoms with Crippen LogP contribution in [0.1, 0.15) is 5.56 Å². The van der Waals surface area contributed by atoms with Crippen LogP contribution in [0.5, 0.6) is 0 Å². The van der Waals surface area contributed by atoms with Gasteiger partial charge < -0.3 is 10.6 Å². The van der Waals surface area contributed by atoms with Gasteiger partial charge in [0.15, 0.2) is 4.34 Å².